The summed E-state index contributed by atoms with van der Waals surface area (Å²) in [6, 6.07) is 3.80. The summed E-state index contributed by atoms with van der Waals surface area (Å²) in [4.78, 5) is 12.8. The molecule has 0 amide bonds. The van der Waals surface area contributed by atoms with Crippen molar-refractivity contribution >= 4 is 5.97 Å². The molecule has 0 unspecified atom stereocenters. The quantitative estimate of drug-likeness (QED) is 0.708. The van der Waals surface area contributed by atoms with Gasteiger partial charge in [-0.05, 0) is 24.1 Å². The van der Waals surface area contributed by atoms with E-state index < -0.39 is 5.97 Å². The standard InChI is InChI=1S/C7H9NO.C2H4O2/c9-6-3-7-1-4-8-5-2-7;1-2(3)4/h1-2,4-5,9H,3,6H2;1H3,(H,3,4). The first-order valence-corrected chi connectivity index (χ1v) is 3.86. The van der Waals surface area contributed by atoms with Crippen LogP contribution in [0.2, 0.25) is 0 Å². The Morgan fingerprint density at radius 1 is 1.46 bits per heavy atom. The van der Waals surface area contributed by atoms with Gasteiger partial charge in [-0.25, -0.2) is 0 Å². The molecule has 0 saturated heterocycles. The first-order valence-electron chi connectivity index (χ1n) is 3.86. The summed E-state index contributed by atoms with van der Waals surface area (Å²) in [5, 5.41) is 15.9. The van der Waals surface area contributed by atoms with E-state index in [1.54, 1.807) is 12.4 Å². The van der Waals surface area contributed by atoms with Crippen LogP contribution >= 0.6 is 0 Å². The van der Waals surface area contributed by atoms with Crippen molar-refractivity contribution in [3.8, 4) is 0 Å². The molecule has 0 aliphatic heterocycles. The zero-order chi connectivity index (χ0) is 10.1. The van der Waals surface area contributed by atoms with Gasteiger partial charge in [0.15, 0.2) is 0 Å². The molecule has 0 saturated carbocycles. The highest BCUT2D eigenvalue weighted by molar-refractivity contribution is 5.62. The van der Waals surface area contributed by atoms with Gasteiger partial charge in [0, 0.05) is 25.9 Å². The second-order valence-electron chi connectivity index (χ2n) is 2.35. The summed E-state index contributed by atoms with van der Waals surface area (Å²) in [5.41, 5.74) is 1.13. The highest BCUT2D eigenvalue weighted by Crippen LogP contribution is 1.94. The van der Waals surface area contributed by atoms with E-state index in [1.165, 1.54) is 0 Å². The molecular weight excluding hydrogens is 170 g/mol. The number of rotatable bonds is 2. The second kappa shape index (κ2) is 7.24. The number of carboxylic acids is 1. The number of carbonyl (C=O) groups is 1. The first kappa shape index (κ1) is 11.6. The molecule has 1 aromatic rings. The van der Waals surface area contributed by atoms with Crippen LogP contribution in [-0.2, 0) is 11.2 Å². The minimum Gasteiger partial charge on any atom is -0.481 e. The summed E-state index contributed by atoms with van der Waals surface area (Å²) in [5.74, 6) is -0.833. The summed E-state index contributed by atoms with van der Waals surface area (Å²) in [6.07, 6.45) is 4.18. The Labute approximate surface area is 76.9 Å². The molecule has 72 valence electrons. The third-order valence-corrected chi connectivity index (χ3v) is 1.15. The van der Waals surface area contributed by atoms with Crippen LogP contribution in [0.3, 0.4) is 0 Å². The minimum atomic E-state index is -0.833. The molecule has 13 heavy (non-hydrogen) atoms. The Kier molecular flexibility index (Phi) is 6.45. The van der Waals surface area contributed by atoms with Crippen molar-refractivity contribution in [1.29, 1.82) is 0 Å². The first-order chi connectivity index (χ1) is 6.16. The Bertz CT molecular complexity index is 232. The lowest BCUT2D eigenvalue weighted by molar-refractivity contribution is -0.134. The molecule has 1 aromatic heterocycles. The molecule has 0 fully saturated rings. The van der Waals surface area contributed by atoms with Crippen LogP contribution in [0.15, 0.2) is 24.5 Å². The van der Waals surface area contributed by atoms with Crippen LogP contribution < -0.4 is 0 Å². The number of aliphatic hydroxyl groups is 1. The Morgan fingerprint density at radius 2 is 1.92 bits per heavy atom. The van der Waals surface area contributed by atoms with Crippen LogP contribution in [0, 0.1) is 0 Å². The summed E-state index contributed by atoms with van der Waals surface area (Å²) < 4.78 is 0. The van der Waals surface area contributed by atoms with Crippen molar-refractivity contribution in [2.24, 2.45) is 0 Å². The van der Waals surface area contributed by atoms with Crippen LogP contribution in [0.1, 0.15) is 12.5 Å². The molecule has 1 rings (SSSR count). The van der Waals surface area contributed by atoms with E-state index in [2.05, 4.69) is 4.98 Å². The van der Waals surface area contributed by atoms with Crippen LogP contribution in [0.4, 0.5) is 0 Å². The summed E-state index contributed by atoms with van der Waals surface area (Å²) >= 11 is 0. The lowest BCUT2D eigenvalue weighted by Gasteiger charge is -1.92. The van der Waals surface area contributed by atoms with E-state index in [0.717, 1.165) is 18.9 Å². The van der Waals surface area contributed by atoms with E-state index in [1.807, 2.05) is 12.1 Å². The maximum atomic E-state index is 9.00. The minimum absolute atomic E-state index is 0.212. The second-order valence-corrected chi connectivity index (χ2v) is 2.35. The molecule has 0 radical (unpaired) electrons. The molecule has 4 nitrogen and oxygen atoms in total. The van der Waals surface area contributed by atoms with Gasteiger partial charge in [0.05, 0.1) is 0 Å². The number of aliphatic hydroxyl groups excluding tert-OH is 1. The van der Waals surface area contributed by atoms with Crippen molar-refractivity contribution < 1.29 is 15.0 Å². The normalized spacial score (nSPS) is 8.46. The van der Waals surface area contributed by atoms with Gasteiger partial charge >= 0.3 is 0 Å². The van der Waals surface area contributed by atoms with E-state index in [-0.39, 0.29) is 6.61 Å². The van der Waals surface area contributed by atoms with Gasteiger partial charge in [-0.15, -0.1) is 0 Å². The van der Waals surface area contributed by atoms with Crippen LogP contribution in [0.25, 0.3) is 0 Å². The average Bonchev–Trinajstić information content (AvgIpc) is 2.06. The van der Waals surface area contributed by atoms with E-state index in [0.29, 0.717) is 0 Å². The van der Waals surface area contributed by atoms with Crippen molar-refractivity contribution in [3.63, 3.8) is 0 Å². The Hall–Kier alpha value is -1.42. The monoisotopic (exact) mass is 183 g/mol. The van der Waals surface area contributed by atoms with E-state index >= 15 is 0 Å². The molecule has 1 heterocycles. The third-order valence-electron chi connectivity index (χ3n) is 1.15. The molecule has 4 heteroatoms. The highest BCUT2D eigenvalue weighted by atomic mass is 16.4. The maximum Gasteiger partial charge on any atom is 0.300 e. The molecule has 2 N–H and O–H groups in total. The number of pyridine rings is 1. The SMILES string of the molecule is CC(=O)O.OCCc1ccncc1. The number of aromatic nitrogens is 1. The fourth-order valence-corrected chi connectivity index (χ4v) is 0.679. The number of hydrogen-bond acceptors (Lipinski definition) is 3. The largest absolute Gasteiger partial charge is 0.481 e. The predicted octanol–water partition coefficient (Wildman–Crippen LogP) is 0.707. The van der Waals surface area contributed by atoms with Crippen molar-refractivity contribution in [3.05, 3.63) is 30.1 Å². The molecule has 0 aliphatic carbocycles. The van der Waals surface area contributed by atoms with Crippen LogP contribution in [-0.4, -0.2) is 27.8 Å². The summed E-state index contributed by atoms with van der Waals surface area (Å²) in [7, 11) is 0. The molecule has 0 aromatic carbocycles. The van der Waals surface area contributed by atoms with Crippen molar-refractivity contribution in [2.75, 3.05) is 6.61 Å². The lowest BCUT2D eigenvalue weighted by Crippen LogP contribution is -1.89. The van der Waals surface area contributed by atoms with Crippen molar-refractivity contribution in [2.45, 2.75) is 13.3 Å². The van der Waals surface area contributed by atoms with E-state index in [9.17, 15) is 0 Å². The van der Waals surface area contributed by atoms with Gasteiger partial charge in [-0.3, -0.25) is 9.78 Å². The van der Waals surface area contributed by atoms with Gasteiger partial charge in [-0.1, -0.05) is 0 Å². The fraction of sp³-hybridized carbons (Fsp3) is 0.333. The number of nitrogens with zero attached hydrogens (tertiary/aromatic N) is 1. The van der Waals surface area contributed by atoms with E-state index in [4.69, 9.17) is 15.0 Å². The highest BCUT2D eigenvalue weighted by Gasteiger charge is 1.86. The number of aliphatic carboxylic acids is 1. The van der Waals surface area contributed by atoms with Crippen molar-refractivity contribution in [1.82, 2.24) is 4.98 Å². The summed E-state index contributed by atoms with van der Waals surface area (Å²) in [6.45, 7) is 1.30. The van der Waals surface area contributed by atoms with Gasteiger partial charge in [-0.2, -0.15) is 0 Å². The number of hydrogen-bond donors (Lipinski definition) is 2. The average molecular weight is 183 g/mol. The molecule has 0 bridgehead atoms. The Morgan fingerprint density at radius 3 is 2.31 bits per heavy atom. The maximum absolute atomic E-state index is 9.00. The van der Waals surface area contributed by atoms with Gasteiger partial charge in [0.1, 0.15) is 0 Å². The van der Waals surface area contributed by atoms with Crippen LogP contribution in [0.5, 0.6) is 0 Å². The molecule has 0 atom stereocenters. The number of carboxylic acid groups (broad SMARTS) is 1. The zero-order valence-electron chi connectivity index (χ0n) is 7.47. The predicted molar refractivity (Wildman–Crippen MR) is 48.3 cm³/mol. The van der Waals surface area contributed by atoms with Gasteiger partial charge in [0.2, 0.25) is 0 Å². The smallest absolute Gasteiger partial charge is 0.300 e. The molecule has 0 aliphatic rings. The molecule has 0 spiro atoms. The Balaban J connectivity index is 0.000000310. The third kappa shape index (κ3) is 8.49. The molecular formula is C9H13NO3. The fourth-order valence-electron chi connectivity index (χ4n) is 0.679. The topological polar surface area (TPSA) is 70.4 Å². The zero-order valence-corrected chi connectivity index (χ0v) is 7.47. The lowest BCUT2D eigenvalue weighted by atomic mass is 10.2. The van der Waals surface area contributed by atoms with Gasteiger partial charge < -0.3 is 10.2 Å². The van der Waals surface area contributed by atoms with Gasteiger partial charge in [0.25, 0.3) is 5.97 Å².